The molecule has 1 unspecified atom stereocenters. The van der Waals surface area contributed by atoms with E-state index in [0.29, 0.717) is 24.3 Å². The summed E-state index contributed by atoms with van der Waals surface area (Å²) in [5.74, 6) is 0.310. The Morgan fingerprint density at radius 3 is 2.82 bits per heavy atom. The molecule has 1 atom stereocenters. The molecule has 4 heteroatoms. The number of nitrogens with zero attached hydrogens (tertiary/aromatic N) is 2. The second kappa shape index (κ2) is 8.11. The zero-order valence-corrected chi connectivity index (χ0v) is 14.6. The number of methoxy groups -OCH3 is 1. The standard InChI is InChI=1S/C18H32N2O2/c1-16(2)6-4-10-19-11-5-8-18(14-19)9-7-17(21)20(15-18)12-13-22-3/h6H,4-5,7-15H2,1-3H3. The molecule has 0 aromatic heterocycles. The van der Waals surface area contributed by atoms with Gasteiger partial charge in [-0.1, -0.05) is 11.6 Å². The summed E-state index contributed by atoms with van der Waals surface area (Å²) in [5, 5.41) is 0. The van der Waals surface area contributed by atoms with E-state index in [2.05, 4.69) is 24.8 Å². The molecular formula is C18H32N2O2. The van der Waals surface area contributed by atoms with Gasteiger partial charge in [-0.2, -0.15) is 0 Å². The predicted octanol–water partition coefficient (Wildman–Crippen LogP) is 2.69. The Labute approximate surface area is 135 Å². The maximum absolute atomic E-state index is 12.1. The normalized spacial score (nSPS) is 26.5. The van der Waals surface area contributed by atoms with Gasteiger partial charge >= 0.3 is 0 Å². The Hall–Kier alpha value is -0.870. The van der Waals surface area contributed by atoms with E-state index in [4.69, 9.17) is 4.74 Å². The number of amides is 1. The summed E-state index contributed by atoms with van der Waals surface area (Å²) in [7, 11) is 1.70. The number of carbonyl (C=O) groups is 1. The number of ether oxygens (including phenoxy) is 1. The van der Waals surface area contributed by atoms with Crippen LogP contribution in [0.3, 0.4) is 0 Å². The number of likely N-dealkylation sites (tertiary alicyclic amines) is 2. The van der Waals surface area contributed by atoms with E-state index in [1.165, 1.54) is 25.0 Å². The Kier molecular flexibility index (Phi) is 6.45. The predicted molar refractivity (Wildman–Crippen MR) is 89.8 cm³/mol. The summed E-state index contributed by atoms with van der Waals surface area (Å²) in [6.07, 6.45) is 7.78. The van der Waals surface area contributed by atoms with Crippen LogP contribution < -0.4 is 0 Å². The maximum atomic E-state index is 12.1. The highest BCUT2D eigenvalue weighted by molar-refractivity contribution is 5.77. The van der Waals surface area contributed by atoms with E-state index in [1.807, 2.05) is 4.90 Å². The molecule has 1 amide bonds. The summed E-state index contributed by atoms with van der Waals surface area (Å²) in [5.41, 5.74) is 1.73. The van der Waals surface area contributed by atoms with Gasteiger partial charge in [0.05, 0.1) is 6.61 Å². The summed E-state index contributed by atoms with van der Waals surface area (Å²) in [6, 6.07) is 0. The number of carbonyl (C=O) groups excluding carboxylic acids is 1. The topological polar surface area (TPSA) is 32.8 Å². The van der Waals surface area contributed by atoms with Crippen molar-refractivity contribution in [1.29, 1.82) is 0 Å². The molecular weight excluding hydrogens is 276 g/mol. The number of hydrogen-bond donors (Lipinski definition) is 0. The zero-order valence-electron chi connectivity index (χ0n) is 14.6. The summed E-state index contributed by atoms with van der Waals surface area (Å²) < 4.78 is 5.15. The molecule has 0 radical (unpaired) electrons. The number of rotatable bonds is 6. The van der Waals surface area contributed by atoms with Crippen molar-refractivity contribution in [3.05, 3.63) is 11.6 Å². The van der Waals surface area contributed by atoms with E-state index in [1.54, 1.807) is 7.11 Å². The largest absolute Gasteiger partial charge is 0.383 e. The molecule has 2 fully saturated rings. The van der Waals surface area contributed by atoms with Crippen molar-refractivity contribution in [3.63, 3.8) is 0 Å². The van der Waals surface area contributed by atoms with Gasteiger partial charge in [0.1, 0.15) is 0 Å². The highest BCUT2D eigenvalue weighted by Crippen LogP contribution is 2.38. The summed E-state index contributed by atoms with van der Waals surface area (Å²) in [6.45, 7) is 10.2. The third kappa shape index (κ3) is 4.82. The molecule has 0 N–H and O–H groups in total. The van der Waals surface area contributed by atoms with Gasteiger partial charge in [-0.15, -0.1) is 0 Å². The van der Waals surface area contributed by atoms with Crippen LogP contribution in [0.15, 0.2) is 11.6 Å². The van der Waals surface area contributed by atoms with Gasteiger partial charge in [0.15, 0.2) is 0 Å². The van der Waals surface area contributed by atoms with Gasteiger partial charge in [-0.3, -0.25) is 4.79 Å². The van der Waals surface area contributed by atoms with E-state index >= 15 is 0 Å². The van der Waals surface area contributed by atoms with Crippen LogP contribution in [0.2, 0.25) is 0 Å². The Morgan fingerprint density at radius 2 is 2.09 bits per heavy atom. The Balaban J connectivity index is 1.91. The van der Waals surface area contributed by atoms with Crippen LogP contribution in [0, 0.1) is 5.41 Å². The van der Waals surface area contributed by atoms with Gasteiger partial charge < -0.3 is 14.5 Å². The highest BCUT2D eigenvalue weighted by atomic mass is 16.5. The first-order valence-corrected chi connectivity index (χ1v) is 8.67. The van der Waals surface area contributed by atoms with Crippen LogP contribution in [0.4, 0.5) is 0 Å². The number of allylic oxidation sites excluding steroid dienone is 1. The lowest BCUT2D eigenvalue weighted by molar-refractivity contribution is -0.140. The van der Waals surface area contributed by atoms with Crippen LogP contribution in [0.25, 0.3) is 0 Å². The smallest absolute Gasteiger partial charge is 0.222 e. The molecule has 2 aliphatic heterocycles. The van der Waals surface area contributed by atoms with Gasteiger partial charge in [0.25, 0.3) is 0 Å². The van der Waals surface area contributed by atoms with Crippen molar-refractivity contribution in [2.75, 3.05) is 46.4 Å². The van der Waals surface area contributed by atoms with Gasteiger partial charge in [-0.25, -0.2) is 0 Å². The fourth-order valence-corrected chi connectivity index (χ4v) is 3.88. The average Bonchev–Trinajstić information content (AvgIpc) is 2.48. The molecule has 0 saturated carbocycles. The highest BCUT2D eigenvalue weighted by Gasteiger charge is 2.41. The average molecular weight is 308 g/mol. The molecule has 2 saturated heterocycles. The Bertz CT molecular complexity index is 404. The van der Waals surface area contributed by atoms with E-state index < -0.39 is 0 Å². The van der Waals surface area contributed by atoms with E-state index in [-0.39, 0.29) is 0 Å². The number of piperidine rings is 2. The SMILES string of the molecule is COCCN1CC2(CCCN(CCC=C(C)C)C2)CCC1=O. The zero-order chi connectivity index (χ0) is 16.0. The molecule has 0 aromatic rings. The minimum absolute atomic E-state index is 0.310. The second-order valence-corrected chi connectivity index (χ2v) is 7.26. The van der Waals surface area contributed by atoms with Crippen LogP contribution in [0.1, 0.15) is 46.0 Å². The van der Waals surface area contributed by atoms with Crippen molar-refractivity contribution in [1.82, 2.24) is 9.80 Å². The summed E-state index contributed by atoms with van der Waals surface area (Å²) in [4.78, 5) is 16.7. The van der Waals surface area contributed by atoms with Crippen LogP contribution >= 0.6 is 0 Å². The van der Waals surface area contributed by atoms with Crippen LogP contribution in [0.5, 0.6) is 0 Å². The van der Waals surface area contributed by atoms with Gasteiger partial charge in [0.2, 0.25) is 5.91 Å². The third-order valence-corrected chi connectivity index (χ3v) is 5.05. The molecule has 22 heavy (non-hydrogen) atoms. The lowest BCUT2D eigenvalue weighted by Crippen LogP contribution is -2.54. The fraction of sp³-hybridized carbons (Fsp3) is 0.833. The van der Waals surface area contributed by atoms with Crippen molar-refractivity contribution in [3.8, 4) is 0 Å². The molecule has 0 bridgehead atoms. The molecule has 0 aromatic carbocycles. The van der Waals surface area contributed by atoms with E-state index in [0.717, 1.165) is 39.0 Å². The van der Waals surface area contributed by atoms with Gasteiger partial charge in [0, 0.05) is 45.1 Å². The maximum Gasteiger partial charge on any atom is 0.222 e. The fourth-order valence-electron chi connectivity index (χ4n) is 3.88. The first-order valence-electron chi connectivity index (χ1n) is 8.67. The van der Waals surface area contributed by atoms with Crippen molar-refractivity contribution >= 4 is 5.91 Å². The molecule has 2 heterocycles. The minimum Gasteiger partial charge on any atom is -0.383 e. The number of hydrogen-bond acceptors (Lipinski definition) is 3. The van der Waals surface area contributed by atoms with E-state index in [9.17, 15) is 4.79 Å². The quantitative estimate of drug-likeness (QED) is 0.707. The summed E-state index contributed by atoms with van der Waals surface area (Å²) >= 11 is 0. The van der Waals surface area contributed by atoms with Crippen LogP contribution in [-0.2, 0) is 9.53 Å². The molecule has 0 aliphatic carbocycles. The molecule has 4 nitrogen and oxygen atoms in total. The van der Waals surface area contributed by atoms with Crippen molar-refractivity contribution in [2.45, 2.75) is 46.0 Å². The van der Waals surface area contributed by atoms with Crippen molar-refractivity contribution < 1.29 is 9.53 Å². The lowest BCUT2D eigenvalue weighted by atomic mass is 9.73. The second-order valence-electron chi connectivity index (χ2n) is 7.26. The van der Waals surface area contributed by atoms with Crippen molar-refractivity contribution in [2.24, 2.45) is 5.41 Å². The molecule has 1 spiro atoms. The molecule has 2 aliphatic rings. The minimum atomic E-state index is 0.310. The van der Waals surface area contributed by atoms with Crippen LogP contribution in [-0.4, -0.2) is 62.1 Å². The first-order chi connectivity index (χ1) is 10.5. The Morgan fingerprint density at radius 1 is 1.27 bits per heavy atom. The third-order valence-electron chi connectivity index (χ3n) is 5.05. The monoisotopic (exact) mass is 308 g/mol. The van der Waals surface area contributed by atoms with Gasteiger partial charge in [-0.05, 0) is 46.1 Å². The molecule has 2 rings (SSSR count). The first kappa shape index (κ1) is 17.5. The molecule has 126 valence electrons. The lowest BCUT2D eigenvalue weighted by Gasteiger charge is -2.48.